The summed E-state index contributed by atoms with van der Waals surface area (Å²) in [6.07, 6.45) is 5.29. The largest absolute Gasteiger partial charge is 0.376 e. The van der Waals surface area contributed by atoms with E-state index in [-0.39, 0.29) is 18.1 Å². The molecule has 0 spiro atoms. The van der Waals surface area contributed by atoms with Crippen molar-refractivity contribution in [1.82, 2.24) is 5.32 Å². The van der Waals surface area contributed by atoms with Crippen LogP contribution in [0.1, 0.15) is 46.0 Å². The lowest BCUT2D eigenvalue weighted by atomic mass is 9.81. The quantitative estimate of drug-likeness (QED) is 0.754. The van der Waals surface area contributed by atoms with Crippen molar-refractivity contribution in [2.24, 2.45) is 17.1 Å². The van der Waals surface area contributed by atoms with Crippen molar-refractivity contribution in [2.45, 2.75) is 58.1 Å². The highest BCUT2D eigenvalue weighted by Crippen LogP contribution is 2.39. The highest BCUT2D eigenvalue weighted by atomic mass is 16.5. The summed E-state index contributed by atoms with van der Waals surface area (Å²) in [5, 5.41) is 3.20. The maximum atomic E-state index is 12.5. The van der Waals surface area contributed by atoms with E-state index in [9.17, 15) is 4.79 Å². The molecule has 1 heterocycles. The van der Waals surface area contributed by atoms with Gasteiger partial charge in [0.15, 0.2) is 0 Å². The van der Waals surface area contributed by atoms with E-state index < -0.39 is 5.41 Å². The van der Waals surface area contributed by atoms with E-state index in [1.807, 2.05) is 13.8 Å². The van der Waals surface area contributed by atoms with Crippen molar-refractivity contribution >= 4 is 5.91 Å². The number of ether oxygens (including phenoxy) is 1. The standard InChI is InChI=1S/C14H26N2O2/c1-3-14(4-2,9-15)13(17)16-11-7-8-18-12(11)10-5-6-10/h10-12H,3-9,15H2,1-2H3,(H,16,17). The van der Waals surface area contributed by atoms with Crippen LogP contribution in [0.3, 0.4) is 0 Å². The van der Waals surface area contributed by atoms with Crippen LogP contribution < -0.4 is 11.1 Å². The van der Waals surface area contributed by atoms with Gasteiger partial charge in [-0.15, -0.1) is 0 Å². The lowest BCUT2D eigenvalue weighted by Crippen LogP contribution is -2.51. The van der Waals surface area contributed by atoms with Crippen molar-refractivity contribution in [1.29, 1.82) is 0 Å². The smallest absolute Gasteiger partial charge is 0.227 e. The van der Waals surface area contributed by atoms with E-state index in [2.05, 4.69) is 5.32 Å². The number of hydrogen-bond donors (Lipinski definition) is 2. The predicted molar refractivity (Wildman–Crippen MR) is 71.1 cm³/mol. The topological polar surface area (TPSA) is 64.4 Å². The molecular formula is C14H26N2O2. The zero-order chi connectivity index (χ0) is 13.2. The van der Waals surface area contributed by atoms with Crippen molar-refractivity contribution in [2.75, 3.05) is 13.2 Å². The molecule has 104 valence electrons. The maximum Gasteiger partial charge on any atom is 0.227 e. The first kappa shape index (κ1) is 13.8. The summed E-state index contributed by atoms with van der Waals surface area (Å²) < 4.78 is 5.76. The molecule has 1 amide bonds. The highest BCUT2D eigenvalue weighted by Gasteiger charge is 2.43. The van der Waals surface area contributed by atoms with Crippen LogP contribution in [0.2, 0.25) is 0 Å². The molecule has 18 heavy (non-hydrogen) atoms. The SMILES string of the molecule is CCC(CC)(CN)C(=O)NC1CCOC1C1CC1. The average molecular weight is 254 g/mol. The van der Waals surface area contributed by atoms with Gasteiger partial charge < -0.3 is 15.8 Å². The molecule has 2 aliphatic rings. The number of nitrogens with two attached hydrogens (primary N) is 1. The van der Waals surface area contributed by atoms with E-state index in [4.69, 9.17) is 10.5 Å². The number of hydrogen-bond acceptors (Lipinski definition) is 3. The van der Waals surface area contributed by atoms with Crippen LogP contribution in [0.4, 0.5) is 0 Å². The molecule has 1 saturated carbocycles. The summed E-state index contributed by atoms with van der Waals surface area (Å²) in [6.45, 7) is 5.28. The Hall–Kier alpha value is -0.610. The molecule has 1 saturated heterocycles. The third-order valence-electron chi connectivity index (χ3n) is 4.76. The van der Waals surface area contributed by atoms with Gasteiger partial charge in [-0.25, -0.2) is 0 Å². The summed E-state index contributed by atoms with van der Waals surface area (Å²) >= 11 is 0. The minimum atomic E-state index is -0.392. The second-order valence-corrected chi connectivity index (χ2v) is 5.73. The van der Waals surface area contributed by atoms with E-state index in [0.717, 1.165) is 25.9 Å². The summed E-state index contributed by atoms with van der Waals surface area (Å²) in [4.78, 5) is 12.5. The fourth-order valence-corrected chi connectivity index (χ4v) is 2.93. The molecule has 1 aliphatic carbocycles. The summed E-state index contributed by atoms with van der Waals surface area (Å²) in [5.41, 5.74) is 5.43. The van der Waals surface area contributed by atoms with Crippen LogP contribution in [-0.4, -0.2) is 31.2 Å². The molecule has 2 atom stereocenters. The van der Waals surface area contributed by atoms with E-state index in [1.54, 1.807) is 0 Å². The van der Waals surface area contributed by atoms with Crippen LogP contribution in [0.15, 0.2) is 0 Å². The first-order valence-corrected chi connectivity index (χ1v) is 7.29. The molecule has 4 nitrogen and oxygen atoms in total. The fraction of sp³-hybridized carbons (Fsp3) is 0.929. The first-order valence-electron chi connectivity index (χ1n) is 7.29. The van der Waals surface area contributed by atoms with Crippen LogP contribution in [0.25, 0.3) is 0 Å². The molecule has 1 aliphatic heterocycles. The number of carbonyl (C=O) groups is 1. The van der Waals surface area contributed by atoms with Gasteiger partial charge in [0.05, 0.1) is 17.6 Å². The number of rotatable bonds is 6. The lowest BCUT2D eigenvalue weighted by molar-refractivity contribution is -0.132. The Bertz CT molecular complexity index is 290. The maximum absolute atomic E-state index is 12.5. The van der Waals surface area contributed by atoms with Gasteiger partial charge in [-0.1, -0.05) is 13.8 Å². The van der Waals surface area contributed by atoms with Crippen LogP contribution in [0, 0.1) is 11.3 Å². The van der Waals surface area contributed by atoms with Gasteiger partial charge in [0.1, 0.15) is 0 Å². The van der Waals surface area contributed by atoms with Gasteiger partial charge in [-0.2, -0.15) is 0 Å². The Morgan fingerprint density at radius 3 is 2.50 bits per heavy atom. The zero-order valence-electron chi connectivity index (χ0n) is 11.6. The molecule has 3 N–H and O–H groups in total. The Labute approximate surface area is 110 Å². The summed E-state index contributed by atoms with van der Waals surface area (Å²) in [5.74, 6) is 0.796. The third-order valence-corrected chi connectivity index (χ3v) is 4.76. The van der Waals surface area contributed by atoms with Gasteiger partial charge in [0.2, 0.25) is 5.91 Å². The molecule has 0 aromatic heterocycles. The molecule has 2 fully saturated rings. The van der Waals surface area contributed by atoms with Crippen molar-refractivity contribution in [3.05, 3.63) is 0 Å². The second-order valence-electron chi connectivity index (χ2n) is 5.73. The fourth-order valence-electron chi connectivity index (χ4n) is 2.93. The summed E-state index contributed by atoms with van der Waals surface area (Å²) in [7, 11) is 0. The van der Waals surface area contributed by atoms with E-state index >= 15 is 0 Å². The molecule has 2 unspecified atom stereocenters. The predicted octanol–water partition coefficient (Wildman–Crippen LogP) is 1.44. The number of nitrogens with one attached hydrogen (secondary N) is 1. The first-order chi connectivity index (χ1) is 8.66. The van der Waals surface area contributed by atoms with E-state index in [1.165, 1.54) is 12.8 Å². The Morgan fingerprint density at radius 2 is 2.00 bits per heavy atom. The lowest BCUT2D eigenvalue weighted by Gasteiger charge is -2.31. The Morgan fingerprint density at radius 1 is 1.33 bits per heavy atom. The molecule has 4 heteroatoms. The van der Waals surface area contributed by atoms with Crippen LogP contribution >= 0.6 is 0 Å². The molecular weight excluding hydrogens is 228 g/mol. The van der Waals surface area contributed by atoms with E-state index in [0.29, 0.717) is 12.5 Å². The zero-order valence-corrected chi connectivity index (χ0v) is 11.6. The van der Waals surface area contributed by atoms with Gasteiger partial charge in [0, 0.05) is 13.2 Å². The number of carbonyl (C=O) groups excluding carboxylic acids is 1. The van der Waals surface area contributed by atoms with Gasteiger partial charge in [0.25, 0.3) is 0 Å². The minimum absolute atomic E-state index is 0.121. The third kappa shape index (κ3) is 2.54. The molecule has 0 aromatic rings. The molecule has 0 aromatic carbocycles. The monoisotopic (exact) mass is 254 g/mol. The Kier molecular flexibility index (Phi) is 4.28. The van der Waals surface area contributed by atoms with Gasteiger partial charge in [-0.05, 0) is 38.0 Å². The Balaban J connectivity index is 1.97. The van der Waals surface area contributed by atoms with Crippen LogP contribution in [-0.2, 0) is 9.53 Å². The second kappa shape index (κ2) is 5.57. The summed E-state index contributed by atoms with van der Waals surface area (Å²) in [6, 6.07) is 0.203. The minimum Gasteiger partial charge on any atom is -0.376 e. The van der Waals surface area contributed by atoms with Crippen molar-refractivity contribution in [3.8, 4) is 0 Å². The molecule has 0 bridgehead atoms. The van der Waals surface area contributed by atoms with Crippen molar-refractivity contribution in [3.63, 3.8) is 0 Å². The molecule has 0 radical (unpaired) electrons. The average Bonchev–Trinajstić information content (AvgIpc) is 3.13. The molecule has 2 rings (SSSR count). The van der Waals surface area contributed by atoms with Gasteiger partial charge in [-0.3, -0.25) is 4.79 Å². The number of amides is 1. The van der Waals surface area contributed by atoms with Gasteiger partial charge >= 0.3 is 0 Å². The highest BCUT2D eigenvalue weighted by molar-refractivity contribution is 5.83. The van der Waals surface area contributed by atoms with Crippen molar-refractivity contribution < 1.29 is 9.53 Å². The normalized spacial score (nSPS) is 28.4. The van der Waals surface area contributed by atoms with Crippen LogP contribution in [0.5, 0.6) is 0 Å².